The zero-order valence-corrected chi connectivity index (χ0v) is 15.0. The first-order valence-corrected chi connectivity index (χ1v) is 8.97. The Morgan fingerprint density at radius 1 is 1.26 bits per heavy atom. The Balaban J connectivity index is 0.000000924. The van der Waals surface area contributed by atoms with Gasteiger partial charge in [-0.25, -0.2) is 0 Å². The van der Waals surface area contributed by atoms with Gasteiger partial charge in [-0.2, -0.15) is 0 Å². The van der Waals surface area contributed by atoms with Crippen LogP contribution in [0.1, 0.15) is 40.5 Å². The summed E-state index contributed by atoms with van der Waals surface area (Å²) >= 11 is 1.24. The van der Waals surface area contributed by atoms with Crippen molar-refractivity contribution in [1.82, 2.24) is 5.32 Å². The molecule has 3 rings (SSSR count). The van der Waals surface area contributed by atoms with E-state index in [4.69, 9.17) is 15.6 Å². The molecule has 2 heterocycles. The Bertz CT molecular complexity index is 599. The molecule has 0 radical (unpaired) electrons. The average molecular weight is 335 g/mol. The van der Waals surface area contributed by atoms with Crippen molar-refractivity contribution in [3.05, 3.63) is 21.6 Å². The lowest BCUT2D eigenvalue weighted by Gasteiger charge is -2.27. The second-order valence-electron chi connectivity index (χ2n) is 5.78. The van der Waals surface area contributed by atoms with Gasteiger partial charge in [0.2, 0.25) is 0 Å². The molecule has 0 unspecified atom stereocenters. The van der Waals surface area contributed by atoms with Crippen LogP contribution >= 0.6 is 11.8 Å². The van der Waals surface area contributed by atoms with E-state index in [9.17, 15) is 4.79 Å². The molecule has 2 fully saturated rings. The summed E-state index contributed by atoms with van der Waals surface area (Å²) < 4.78 is 5.08. The molecule has 0 aromatic heterocycles. The maximum atomic E-state index is 12.5. The fourth-order valence-corrected chi connectivity index (χ4v) is 3.60. The van der Waals surface area contributed by atoms with Crippen LogP contribution in [0.4, 0.5) is 0 Å². The maximum absolute atomic E-state index is 12.5. The third-order valence-corrected chi connectivity index (χ3v) is 5.07. The largest absolute Gasteiger partial charge is 0.377 e. The molecule has 3 aliphatic rings. The van der Waals surface area contributed by atoms with Crippen molar-refractivity contribution < 1.29 is 9.53 Å². The van der Waals surface area contributed by atoms with Crippen molar-refractivity contribution in [2.75, 3.05) is 13.2 Å². The van der Waals surface area contributed by atoms with Crippen LogP contribution in [0.25, 0.3) is 0 Å². The molecular formula is C17H25N3O2S. The molecule has 0 bridgehead atoms. The van der Waals surface area contributed by atoms with E-state index in [-0.39, 0.29) is 11.9 Å². The Labute approximate surface area is 142 Å². The summed E-state index contributed by atoms with van der Waals surface area (Å²) in [6, 6.07) is 0.0961. The Morgan fingerprint density at radius 3 is 2.30 bits per heavy atom. The second-order valence-corrected chi connectivity index (χ2v) is 6.80. The summed E-state index contributed by atoms with van der Waals surface area (Å²) in [5.41, 5.74) is 3.07. The Hall–Kier alpha value is -1.40. The van der Waals surface area contributed by atoms with E-state index in [0.717, 1.165) is 29.6 Å². The van der Waals surface area contributed by atoms with Gasteiger partial charge >= 0.3 is 0 Å². The highest BCUT2D eigenvalue weighted by Gasteiger charge is 2.40. The highest BCUT2D eigenvalue weighted by Crippen LogP contribution is 2.50. The van der Waals surface area contributed by atoms with Crippen molar-refractivity contribution in [3.63, 3.8) is 0 Å². The summed E-state index contributed by atoms with van der Waals surface area (Å²) in [5, 5.41) is 19.4. The first-order valence-electron chi connectivity index (χ1n) is 8.15. The average Bonchev–Trinajstić information content (AvgIpc) is 3.27. The first kappa shape index (κ1) is 17.9. The zero-order valence-electron chi connectivity index (χ0n) is 14.2. The number of hydrogen-bond donors (Lipinski definition) is 3. The molecule has 23 heavy (non-hydrogen) atoms. The van der Waals surface area contributed by atoms with Crippen molar-refractivity contribution in [3.8, 4) is 0 Å². The molecule has 5 nitrogen and oxygen atoms in total. The molecule has 0 atom stereocenters. The van der Waals surface area contributed by atoms with Gasteiger partial charge in [-0.05, 0) is 43.8 Å². The molecule has 1 amide bonds. The highest BCUT2D eigenvalue weighted by atomic mass is 32.2. The number of nitrogens with one attached hydrogen (secondary N) is 3. The number of thioether (sulfide) groups is 1. The predicted molar refractivity (Wildman–Crippen MR) is 95.3 cm³/mol. The quantitative estimate of drug-likeness (QED) is 0.689. The highest BCUT2D eigenvalue weighted by molar-refractivity contribution is 8.18. The molecule has 3 N–H and O–H groups in total. The summed E-state index contributed by atoms with van der Waals surface area (Å²) in [6.07, 6.45) is 2.14. The lowest BCUT2D eigenvalue weighted by molar-refractivity contribution is -0.120. The van der Waals surface area contributed by atoms with Crippen LogP contribution in [0.3, 0.4) is 0 Å². The van der Waals surface area contributed by atoms with Gasteiger partial charge in [0, 0.05) is 11.3 Å². The predicted octanol–water partition coefficient (Wildman–Crippen LogP) is 3.27. The van der Waals surface area contributed by atoms with E-state index in [1.807, 2.05) is 20.8 Å². The monoisotopic (exact) mass is 335 g/mol. The SMILES string of the molecule is CC.CC(=N)/C(C)=C1\C(=N)SC(C(=O)NC2COC2)=C1C1CC1. The molecule has 2 aliphatic heterocycles. The second kappa shape index (κ2) is 7.45. The summed E-state index contributed by atoms with van der Waals surface area (Å²) in [7, 11) is 0. The minimum absolute atomic E-state index is 0.0922. The molecule has 1 saturated heterocycles. The summed E-state index contributed by atoms with van der Waals surface area (Å²) in [5.74, 6) is 0.286. The van der Waals surface area contributed by atoms with Crippen LogP contribution in [0.5, 0.6) is 0 Å². The van der Waals surface area contributed by atoms with Gasteiger partial charge in [0.05, 0.1) is 29.2 Å². The number of ether oxygens (including phenoxy) is 1. The smallest absolute Gasteiger partial charge is 0.258 e. The number of amides is 1. The molecule has 0 aromatic rings. The number of carbonyl (C=O) groups excluding carboxylic acids is 1. The topological polar surface area (TPSA) is 86.0 Å². The normalized spacial score (nSPS) is 23.0. The van der Waals surface area contributed by atoms with Crippen LogP contribution in [-0.2, 0) is 9.53 Å². The fraction of sp³-hybridized carbons (Fsp3) is 0.588. The van der Waals surface area contributed by atoms with E-state index in [0.29, 0.717) is 34.8 Å². The van der Waals surface area contributed by atoms with E-state index >= 15 is 0 Å². The van der Waals surface area contributed by atoms with Crippen LogP contribution in [0.2, 0.25) is 0 Å². The summed E-state index contributed by atoms with van der Waals surface area (Å²) in [6.45, 7) is 8.74. The Morgan fingerprint density at radius 2 is 1.87 bits per heavy atom. The van der Waals surface area contributed by atoms with Crippen LogP contribution < -0.4 is 5.32 Å². The Kier molecular flexibility index (Phi) is 5.81. The lowest BCUT2D eigenvalue weighted by atomic mass is 9.95. The number of rotatable bonds is 4. The van der Waals surface area contributed by atoms with Crippen molar-refractivity contribution >= 4 is 28.4 Å². The van der Waals surface area contributed by atoms with Gasteiger partial charge in [0.15, 0.2) is 0 Å². The van der Waals surface area contributed by atoms with E-state index in [1.54, 1.807) is 6.92 Å². The van der Waals surface area contributed by atoms with Crippen molar-refractivity contribution in [1.29, 1.82) is 10.8 Å². The van der Waals surface area contributed by atoms with Gasteiger partial charge in [0.25, 0.3) is 5.91 Å². The van der Waals surface area contributed by atoms with Crippen molar-refractivity contribution in [2.45, 2.75) is 46.6 Å². The van der Waals surface area contributed by atoms with Gasteiger partial charge in [-0.15, -0.1) is 0 Å². The first-order chi connectivity index (χ1) is 11.0. The molecule has 1 aliphatic carbocycles. The van der Waals surface area contributed by atoms with Crippen LogP contribution in [-0.4, -0.2) is 35.9 Å². The molecular weight excluding hydrogens is 310 g/mol. The molecule has 126 valence electrons. The number of allylic oxidation sites excluding steroid dienone is 2. The van der Waals surface area contributed by atoms with Gasteiger partial charge in [-0.3, -0.25) is 10.2 Å². The zero-order chi connectivity index (χ0) is 17.1. The lowest BCUT2D eigenvalue weighted by Crippen LogP contribution is -2.48. The molecule has 1 saturated carbocycles. The minimum atomic E-state index is -0.0922. The maximum Gasteiger partial charge on any atom is 0.258 e. The van der Waals surface area contributed by atoms with E-state index < -0.39 is 0 Å². The van der Waals surface area contributed by atoms with Gasteiger partial charge in [0.1, 0.15) is 0 Å². The molecule has 0 aromatic carbocycles. The van der Waals surface area contributed by atoms with E-state index in [1.165, 1.54) is 11.8 Å². The van der Waals surface area contributed by atoms with E-state index in [2.05, 4.69) is 5.32 Å². The molecule has 6 heteroatoms. The standard InChI is InChI=1S/C15H19N3O2S.C2H6/c1-7(8(2)16)11-12(9-3-4-9)13(21-14(11)17)15(19)18-10-5-20-6-10;1-2/h9-10,16-17H,3-6H2,1-2H3,(H,18,19);1-2H3/b11-7-,16-8?,17-14?;. The van der Waals surface area contributed by atoms with Crippen LogP contribution in [0.15, 0.2) is 21.6 Å². The third-order valence-electron chi connectivity index (χ3n) is 4.05. The fourth-order valence-electron chi connectivity index (χ4n) is 2.50. The summed E-state index contributed by atoms with van der Waals surface area (Å²) in [4.78, 5) is 13.1. The van der Waals surface area contributed by atoms with Crippen LogP contribution in [0, 0.1) is 16.7 Å². The van der Waals surface area contributed by atoms with Crippen molar-refractivity contribution in [2.24, 2.45) is 5.92 Å². The molecule has 0 spiro atoms. The number of carbonyl (C=O) groups is 1. The van der Waals surface area contributed by atoms with Gasteiger partial charge < -0.3 is 15.5 Å². The third kappa shape index (κ3) is 3.75. The van der Waals surface area contributed by atoms with Gasteiger partial charge in [-0.1, -0.05) is 25.6 Å². The number of hydrogen-bond acceptors (Lipinski definition) is 5. The minimum Gasteiger partial charge on any atom is -0.377 e.